The van der Waals surface area contributed by atoms with Crippen LogP contribution >= 0.6 is 0 Å². The molecule has 3 rings (SSSR count). The predicted molar refractivity (Wildman–Crippen MR) is 155 cm³/mol. The average Bonchev–Trinajstić information content (AvgIpc) is 2.88. The Hall–Kier alpha value is -1.60. The Morgan fingerprint density at radius 3 is 1.42 bits per heavy atom. The molecule has 0 atom stereocenters. The van der Waals surface area contributed by atoms with Crippen LogP contribution in [0.25, 0.3) is 0 Å². The van der Waals surface area contributed by atoms with Crippen molar-refractivity contribution in [2.45, 2.75) is 28.4 Å². The van der Waals surface area contributed by atoms with E-state index in [9.17, 15) is 5.11 Å². The Morgan fingerprint density at radius 2 is 1.06 bits per heavy atom. The molecule has 0 heterocycles. The number of hydrogen-bond acceptors (Lipinski definition) is 5. The van der Waals surface area contributed by atoms with Crippen LogP contribution in [0.3, 0.4) is 0 Å². The molecular weight excluding hydrogens is 680 g/mol. The third kappa shape index (κ3) is 10.0. The van der Waals surface area contributed by atoms with Gasteiger partial charge in [0.1, 0.15) is 0 Å². The van der Waals surface area contributed by atoms with Crippen LogP contribution in [0, 0.1) is 0 Å². The molecule has 36 heavy (non-hydrogen) atoms. The summed E-state index contributed by atoms with van der Waals surface area (Å²) < 4.78 is 17.4. The number of ether oxygens (including phenoxy) is 2. The quantitative estimate of drug-likeness (QED) is 0.192. The van der Waals surface area contributed by atoms with Gasteiger partial charge in [-0.2, -0.15) is 0 Å². The van der Waals surface area contributed by atoms with Crippen molar-refractivity contribution < 1.29 is 14.6 Å². The second-order valence-electron chi connectivity index (χ2n) is 8.85. The first-order valence-corrected chi connectivity index (χ1v) is 17.9. The molecule has 0 spiro atoms. The van der Waals surface area contributed by atoms with E-state index in [2.05, 4.69) is 86.5 Å². The van der Waals surface area contributed by atoms with Gasteiger partial charge in [-0.15, -0.1) is 0 Å². The van der Waals surface area contributed by atoms with Crippen LogP contribution in [-0.4, -0.2) is 88.4 Å². The van der Waals surface area contributed by atoms with Crippen molar-refractivity contribution >= 4 is 60.4 Å². The van der Waals surface area contributed by atoms with Crippen molar-refractivity contribution in [3.63, 3.8) is 0 Å². The van der Waals surface area contributed by atoms with Gasteiger partial charge in [0.2, 0.25) is 0 Å². The van der Waals surface area contributed by atoms with Crippen molar-refractivity contribution in [3.8, 4) is 11.5 Å². The van der Waals surface area contributed by atoms with E-state index in [4.69, 9.17) is 9.47 Å². The number of aliphatic hydroxyl groups excluding tert-OH is 1. The number of nitrogens with zero attached hydrogens (tertiary/aromatic N) is 2. The number of rotatable bonds is 15. The minimum absolute atomic E-state index is 0.0155. The third-order valence-electron chi connectivity index (χ3n) is 5.48. The summed E-state index contributed by atoms with van der Waals surface area (Å²) in [7, 11) is 8.28. The average molecular weight is 718 g/mol. The first-order valence-electron chi connectivity index (χ1n) is 12.3. The van der Waals surface area contributed by atoms with E-state index < -0.39 is 0 Å². The molecule has 3 aromatic carbocycles. The molecule has 7 heteroatoms. The second-order valence-corrected chi connectivity index (χ2v) is 15.5. The van der Waals surface area contributed by atoms with Gasteiger partial charge < -0.3 is 0 Å². The van der Waals surface area contributed by atoms with E-state index in [1.807, 2.05) is 18.2 Å². The number of hydrogen-bond donors (Lipinski definition) is 1. The van der Waals surface area contributed by atoms with Gasteiger partial charge in [-0.3, -0.25) is 0 Å². The van der Waals surface area contributed by atoms with Gasteiger partial charge in [0.15, 0.2) is 0 Å². The molecule has 0 saturated heterocycles. The fourth-order valence-corrected chi connectivity index (χ4v) is 8.16. The molecule has 0 aliphatic carbocycles. The van der Waals surface area contributed by atoms with Crippen molar-refractivity contribution in [3.05, 3.63) is 72.3 Å². The summed E-state index contributed by atoms with van der Waals surface area (Å²) in [6, 6.07) is 23.6. The Balaban J connectivity index is 1.37. The maximum absolute atomic E-state index is 9.66. The summed E-state index contributed by atoms with van der Waals surface area (Å²) in [6.45, 7) is 1.36. The summed E-state index contributed by atoms with van der Waals surface area (Å²) >= 11 is -0.383. The van der Waals surface area contributed by atoms with E-state index in [1.165, 1.54) is 27.5 Å². The summed E-state index contributed by atoms with van der Waals surface area (Å²) in [6.07, 6.45) is 2.08. The summed E-state index contributed by atoms with van der Waals surface area (Å²) in [4.78, 5) is 4.26. The molecule has 194 valence electrons. The Bertz CT molecular complexity index is 962. The monoisotopic (exact) mass is 722 g/mol. The maximum atomic E-state index is 9.66. The number of benzene rings is 3. The van der Waals surface area contributed by atoms with Crippen molar-refractivity contribution in [2.24, 2.45) is 0 Å². The molecule has 0 saturated carbocycles. The number of aliphatic hydroxyl groups is 1. The molecule has 0 amide bonds. The zero-order chi connectivity index (χ0) is 25.8. The Morgan fingerprint density at radius 1 is 0.639 bits per heavy atom. The zero-order valence-electron chi connectivity index (χ0n) is 21.8. The van der Waals surface area contributed by atoms with Gasteiger partial charge >= 0.3 is 238 Å². The first-order chi connectivity index (χ1) is 17.4. The molecule has 0 bridgehead atoms. The van der Waals surface area contributed by atoms with Crippen molar-refractivity contribution in [2.75, 3.05) is 51.2 Å². The molecule has 0 aliphatic rings. The second kappa shape index (κ2) is 15.6. The summed E-state index contributed by atoms with van der Waals surface area (Å²) in [5.41, 5.74) is 3.31. The van der Waals surface area contributed by atoms with Crippen LogP contribution < -0.4 is 26.5 Å². The normalized spacial score (nSPS) is 10.8. The molecular formula is C29H38N2O3Te2. The van der Waals surface area contributed by atoms with Gasteiger partial charge in [-0.1, -0.05) is 0 Å². The zero-order valence-corrected chi connectivity index (χ0v) is 26.4. The van der Waals surface area contributed by atoms with E-state index in [-0.39, 0.29) is 48.5 Å². The van der Waals surface area contributed by atoms with E-state index >= 15 is 0 Å². The third-order valence-corrected chi connectivity index (χ3v) is 11.8. The van der Waals surface area contributed by atoms with Crippen LogP contribution in [0.1, 0.15) is 18.4 Å². The van der Waals surface area contributed by atoms with Gasteiger partial charge in [0.25, 0.3) is 0 Å². The van der Waals surface area contributed by atoms with Gasteiger partial charge in [0.05, 0.1) is 0 Å². The minimum atomic E-state index is -0.192. The molecule has 0 aromatic heterocycles. The van der Waals surface area contributed by atoms with E-state index in [0.717, 1.165) is 29.9 Å². The Kier molecular flexibility index (Phi) is 12.6. The predicted octanol–water partition coefficient (Wildman–Crippen LogP) is 3.74. The van der Waals surface area contributed by atoms with Gasteiger partial charge in [-0.25, -0.2) is 0 Å². The van der Waals surface area contributed by atoms with E-state index in [0.29, 0.717) is 13.2 Å². The first kappa shape index (κ1) is 29.0. The molecule has 0 aliphatic heterocycles. The van der Waals surface area contributed by atoms with Crippen LogP contribution in [0.2, 0.25) is 8.94 Å². The molecule has 1 N–H and O–H groups in total. The summed E-state index contributed by atoms with van der Waals surface area (Å²) in [5, 5.41) is 9.66. The fourth-order valence-electron chi connectivity index (χ4n) is 3.45. The fraction of sp³-hybridized carbons (Fsp3) is 0.379. The molecule has 3 aromatic rings. The summed E-state index contributed by atoms with van der Waals surface area (Å²) in [5.74, 6) is 1.56. The molecule has 5 nitrogen and oxygen atoms in total. The molecule has 0 radical (unpaired) electrons. The SMILES string of the molecule is CN(C)c1ccc([Te]CCCOc2cc(CO)cc(OCCC[Te]c3ccc(N(C)C)cc3)c2)cc1. The van der Waals surface area contributed by atoms with E-state index in [1.54, 1.807) is 0 Å². The van der Waals surface area contributed by atoms with Crippen molar-refractivity contribution in [1.29, 1.82) is 0 Å². The Labute approximate surface area is 237 Å². The topological polar surface area (TPSA) is 45.2 Å². The number of anilines is 2. The van der Waals surface area contributed by atoms with Crippen LogP contribution in [0.4, 0.5) is 11.4 Å². The standard InChI is InChI=1S/C29H38N2O3Te2/c1-30(2)24-7-11-28(12-8-24)35-17-5-15-33-26-19-23(22-32)20-27(21-26)34-16-6-18-36-29-13-9-25(10-14-29)31(3)4/h7-14,19-21,32H,5-6,15-18,22H2,1-4H3. The van der Waals surface area contributed by atoms with Crippen LogP contribution in [-0.2, 0) is 6.61 Å². The van der Waals surface area contributed by atoms with Gasteiger partial charge in [0, 0.05) is 0 Å². The molecule has 0 unspecified atom stereocenters. The van der Waals surface area contributed by atoms with Crippen molar-refractivity contribution in [1.82, 2.24) is 0 Å². The van der Waals surface area contributed by atoms with Gasteiger partial charge in [-0.05, 0) is 0 Å². The van der Waals surface area contributed by atoms with Crippen LogP contribution in [0.5, 0.6) is 11.5 Å². The molecule has 0 fully saturated rings. The van der Waals surface area contributed by atoms with Crippen LogP contribution in [0.15, 0.2) is 66.7 Å².